The summed E-state index contributed by atoms with van der Waals surface area (Å²) in [5.74, 6) is 0. The Kier molecular flexibility index (Phi) is 8.43. The third kappa shape index (κ3) is 5.76. The Labute approximate surface area is 399 Å². The van der Waals surface area contributed by atoms with E-state index in [4.69, 9.17) is 8.83 Å². The summed E-state index contributed by atoms with van der Waals surface area (Å²) in [5.41, 5.74) is 17.4. The Morgan fingerprint density at radius 2 is 0.855 bits per heavy atom. The summed E-state index contributed by atoms with van der Waals surface area (Å²) < 4.78 is 13.4. The van der Waals surface area contributed by atoms with Gasteiger partial charge in [0.15, 0.2) is 11.2 Å². The smallest absolute Gasteiger partial charge is 0.159 e. The van der Waals surface area contributed by atoms with Crippen molar-refractivity contribution in [2.75, 3.05) is 9.80 Å². The molecule has 0 spiro atoms. The van der Waals surface area contributed by atoms with Crippen molar-refractivity contribution in [1.82, 2.24) is 0 Å². The molecule has 1 aliphatic carbocycles. The van der Waals surface area contributed by atoms with Crippen molar-refractivity contribution < 1.29 is 8.83 Å². The first-order valence-electron chi connectivity index (χ1n) is 23.9. The van der Waals surface area contributed by atoms with Gasteiger partial charge in [0.1, 0.15) is 11.2 Å². The molecule has 0 radical (unpaired) electrons. The average molecular weight is 887 g/mol. The van der Waals surface area contributed by atoms with Gasteiger partial charge in [0.05, 0.1) is 11.4 Å². The zero-order valence-electron chi connectivity index (χ0n) is 38.8. The second-order valence-electron chi connectivity index (χ2n) is 19.3. The molecule has 0 saturated carbocycles. The number of para-hydroxylation sites is 6. The lowest BCUT2D eigenvalue weighted by Gasteiger charge is -2.29. The molecule has 1 aliphatic rings. The first kappa shape index (κ1) is 39.6. The highest BCUT2D eigenvalue weighted by Gasteiger charge is 2.39. The minimum atomic E-state index is -0.302. The van der Waals surface area contributed by atoms with Crippen LogP contribution < -0.4 is 9.80 Å². The van der Waals surface area contributed by atoms with Crippen molar-refractivity contribution >= 4 is 110 Å². The molecule has 11 aromatic carbocycles. The van der Waals surface area contributed by atoms with Crippen LogP contribution in [0.25, 0.3) is 87.3 Å². The summed E-state index contributed by atoms with van der Waals surface area (Å²) >= 11 is 0. The predicted octanol–water partition coefficient (Wildman–Crippen LogP) is 18.8. The van der Waals surface area contributed by atoms with E-state index in [1.54, 1.807) is 0 Å². The third-order valence-electron chi connectivity index (χ3n) is 15.0. The van der Waals surface area contributed by atoms with Crippen LogP contribution in [0.2, 0.25) is 0 Å². The van der Waals surface area contributed by atoms with Crippen LogP contribution in [0, 0.1) is 13.8 Å². The molecule has 2 aromatic heterocycles. The largest absolute Gasteiger partial charge is 0.454 e. The molecule has 328 valence electrons. The van der Waals surface area contributed by atoms with E-state index < -0.39 is 0 Å². The van der Waals surface area contributed by atoms with Crippen LogP contribution in [0.3, 0.4) is 0 Å². The highest BCUT2D eigenvalue weighted by Crippen LogP contribution is 2.57. The maximum atomic E-state index is 6.71. The quantitative estimate of drug-likeness (QED) is 0.156. The van der Waals surface area contributed by atoms with E-state index in [9.17, 15) is 0 Å². The van der Waals surface area contributed by atoms with Crippen molar-refractivity contribution in [3.63, 3.8) is 0 Å². The molecule has 14 rings (SSSR count). The van der Waals surface area contributed by atoms with Gasteiger partial charge in [-0.25, -0.2) is 0 Å². The summed E-state index contributed by atoms with van der Waals surface area (Å²) in [7, 11) is 0. The molecule has 0 fully saturated rings. The number of hydrogen-bond donors (Lipinski definition) is 0. The normalized spacial score (nSPS) is 13.0. The van der Waals surface area contributed by atoms with Gasteiger partial charge in [0.2, 0.25) is 0 Å². The molecule has 0 amide bonds. The Hall–Kier alpha value is -8.60. The molecular formula is C65H46N2O2. The fourth-order valence-corrected chi connectivity index (χ4v) is 11.8. The van der Waals surface area contributed by atoms with Crippen LogP contribution >= 0.6 is 0 Å². The lowest BCUT2D eigenvalue weighted by Crippen LogP contribution is -2.16. The Morgan fingerprint density at radius 1 is 0.362 bits per heavy atom. The first-order chi connectivity index (χ1) is 33.8. The fourth-order valence-electron chi connectivity index (χ4n) is 11.8. The second kappa shape index (κ2) is 14.7. The molecule has 0 unspecified atom stereocenters. The highest BCUT2D eigenvalue weighted by atomic mass is 16.3. The van der Waals surface area contributed by atoms with Gasteiger partial charge in [-0.05, 0) is 152 Å². The van der Waals surface area contributed by atoms with E-state index in [1.165, 1.54) is 65.7 Å². The van der Waals surface area contributed by atoms with Gasteiger partial charge in [-0.2, -0.15) is 0 Å². The number of hydrogen-bond acceptors (Lipinski definition) is 4. The molecule has 69 heavy (non-hydrogen) atoms. The van der Waals surface area contributed by atoms with Gasteiger partial charge in [-0.15, -0.1) is 0 Å². The standard InChI is InChI=1S/C65H46N2O2/c1-39-17-5-11-25-55(39)66(57-27-15-23-50-46-20-9-13-29-59(46)68-63(50)57)43-32-31-41-36-53-54(37-42(41)35-43)65(3,4)62-49-34-33-44(38-52(49)45-19-7-8-22-48(45)61(53)62)67(56-26-12-6-18-40(56)2)58-28-16-24-51-47-21-10-14-30-60(47)69-64(51)58/h5-38H,1-4H3. The molecule has 4 nitrogen and oxygen atoms in total. The molecule has 0 bridgehead atoms. The zero-order valence-corrected chi connectivity index (χ0v) is 38.8. The van der Waals surface area contributed by atoms with E-state index in [0.717, 1.165) is 78.0 Å². The molecule has 0 atom stereocenters. The Balaban J connectivity index is 0.956. The predicted molar refractivity (Wildman–Crippen MR) is 290 cm³/mol. The second-order valence-corrected chi connectivity index (χ2v) is 19.3. The third-order valence-corrected chi connectivity index (χ3v) is 15.0. The van der Waals surface area contributed by atoms with Crippen molar-refractivity contribution in [2.24, 2.45) is 0 Å². The molecule has 0 saturated heterocycles. The van der Waals surface area contributed by atoms with Crippen LogP contribution in [-0.4, -0.2) is 0 Å². The van der Waals surface area contributed by atoms with Crippen LogP contribution in [0.4, 0.5) is 34.1 Å². The summed E-state index contributed by atoms with van der Waals surface area (Å²) in [4.78, 5) is 4.76. The Morgan fingerprint density at radius 3 is 1.46 bits per heavy atom. The molecule has 4 heteroatoms. The first-order valence-corrected chi connectivity index (χ1v) is 23.9. The fraction of sp³-hybridized carbons (Fsp3) is 0.0769. The molecule has 2 heterocycles. The number of furan rings is 2. The zero-order chi connectivity index (χ0) is 46.1. The minimum absolute atomic E-state index is 0.302. The van der Waals surface area contributed by atoms with Gasteiger partial charge in [-0.3, -0.25) is 0 Å². The van der Waals surface area contributed by atoms with Crippen LogP contribution in [0.5, 0.6) is 0 Å². The average Bonchev–Trinajstić information content (AvgIpc) is 4.03. The number of rotatable bonds is 6. The van der Waals surface area contributed by atoms with Gasteiger partial charge in [0, 0.05) is 49.7 Å². The molecule has 0 N–H and O–H groups in total. The van der Waals surface area contributed by atoms with Crippen molar-refractivity contribution in [2.45, 2.75) is 33.1 Å². The summed E-state index contributed by atoms with van der Waals surface area (Å²) in [6, 6.07) is 75.0. The van der Waals surface area contributed by atoms with E-state index in [-0.39, 0.29) is 5.41 Å². The van der Waals surface area contributed by atoms with Gasteiger partial charge >= 0.3 is 0 Å². The summed E-state index contributed by atoms with van der Waals surface area (Å²) in [6.07, 6.45) is 0. The van der Waals surface area contributed by atoms with E-state index in [1.807, 2.05) is 12.1 Å². The Bertz CT molecular complexity index is 4280. The van der Waals surface area contributed by atoms with Crippen molar-refractivity contribution in [3.05, 3.63) is 229 Å². The maximum Gasteiger partial charge on any atom is 0.159 e. The number of aryl methyl sites for hydroxylation is 2. The SMILES string of the molecule is Cc1ccccc1N(c1ccc2cc3c(cc2c1)C(C)(C)c1c-3c2ccccc2c2cc(N(c3ccccc3C)c3cccc4c3oc3ccccc34)ccc12)c1cccc2c1oc1ccccc12. The van der Waals surface area contributed by atoms with E-state index >= 15 is 0 Å². The monoisotopic (exact) mass is 886 g/mol. The highest BCUT2D eigenvalue weighted by molar-refractivity contribution is 6.20. The number of benzene rings is 11. The van der Waals surface area contributed by atoms with Crippen molar-refractivity contribution in [3.8, 4) is 11.1 Å². The topological polar surface area (TPSA) is 32.8 Å². The van der Waals surface area contributed by atoms with E-state index in [2.05, 4.69) is 232 Å². The van der Waals surface area contributed by atoms with Gasteiger partial charge in [-0.1, -0.05) is 147 Å². The number of nitrogens with zero attached hydrogens (tertiary/aromatic N) is 2. The minimum Gasteiger partial charge on any atom is -0.454 e. The van der Waals surface area contributed by atoms with Gasteiger partial charge < -0.3 is 18.6 Å². The van der Waals surface area contributed by atoms with Crippen molar-refractivity contribution in [1.29, 1.82) is 0 Å². The van der Waals surface area contributed by atoms with Crippen LogP contribution in [0.15, 0.2) is 215 Å². The van der Waals surface area contributed by atoms with Crippen LogP contribution in [0.1, 0.15) is 36.1 Å². The summed E-state index contributed by atoms with van der Waals surface area (Å²) in [5, 5.41) is 11.9. The number of anilines is 6. The molecule has 13 aromatic rings. The molecular weight excluding hydrogens is 841 g/mol. The van der Waals surface area contributed by atoms with E-state index in [0.29, 0.717) is 0 Å². The van der Waals surface area contributed by atoms with Gasteiger partial charge in [0.25, 0.3) is 0 Å². The lowest BCUT2D eigenvalue weighted by atomic mass is 9.79. The van der Waals surface area contributed by atoms with Crippen LogP contribution in [-0.2, 0) is 5.41 Å². The maximum absolute atomic E-state index is 6.71. The number of fused-ring (bicyclic) bond motifs is 15. The lowest BCUT2D eigenvalue weighted by molar-refractivity contribution is 0.667. The molecule has 0 aliphatic heterocycles. The summed E-state index contributed by atoms with van der Waals surface area (Å²) in [6.45, 7) is 9.21.